The van der Waals surface area contributed by atoms with E-state index in [4.69, 9.17) is 32.5 Å². The van der Waals surface area contributed by atoms with E-state index >= 15 is 0 Å². The van der Waals surface area contributed by atoms with Gasteiger partial charge in [0.25, 0.3) is 0 Å². The molecule has 1 aromatic carbocycles. The van der Waals surface area contributed by atoms with Gasteiger partial charge >= 0.3 is 7.12 Å². The predicted octanol–water partition coefficient (Wildman–Crippen LogP) is 4.38. The molecule has 0 aliphatic carbocycles. The molecule has 0 unspecified atom stereocenters. The molecule has 5 nitrogen and oxygen atoms in total. The van der Waals surface area contributed by atoms with Gasteiger partial charge < -0.3 is 9.31 Å². The van der Waals surface area contributed by atoms with Gasteiger partial charge in [0.1, 0.15) is 5.15 Å². The Morgan fingerprint density at radius 1 is 1.00 bits per heavy atom. The molecule has 3 aromatic rings. The van der Waals surface area contributed by atoms with Gasteiger partial charge in [-0.25, -0.2) is 15.0 Å². The molecule has 1 aliphatic heterocycles. The normalized spacial score (nSPS) is 17.8. The van der Waals surface area contributed by atoms with Crippen LogP contribution >= 0.6 is 34.5 Å². The van der Waals surface area contributed by atoms with Crippen LogP contribution in [0, 0.1) is 0 Å². The second-order valence-corrected chi connectivity index (χ2v) is 8.43. The number of nitrogens with zero attached hydrogens (tertiary/aromatic N) is 3. The summed E-state index contributed by atoms with van der Waals surface area (Å²) in [5.74, 6) is 0. The van der Waals surface area contributed by atoms with Crippen LogP contribution in [0.1, 0.15) is 27.7 Å². The highest BCUT2D eigenvalue weighted by Gasteiger charge is 2.51. The minimum Gasteiger partial charge on any atom is -0.399 e. The van der Waals surface area contributed by atoms with Crippen LogP contribution in [-0.4, -0.2) is 33.3 Å². The number of halogens is 2. The second-order valence-electron chi connectivity index (χ2n) is 6.82. The van der Waals surface area contributed by atoms with E-state index in [-0.39, 0.29) is 23.6 Å². The van der Waals surface area contributed by atoms with Crippen LogP contribution in [-0.2, 0) is 9.31 Å². The maximum Gasteiger partial charge on any atom is 0.494 e. The minimum atomic E-state index is -0.291. The largest absolute Gasteiger partial charge is 0.494 e. The van der Waals surface area contributed by atoms with Crippen molar-refractivity contribution in [3.8, 4) is 0 Å². The highest BCUT2D eigenvalue weighted by atomic mass is 35.5. The molecule has 0 bridgehead atoms. The first kappa shape index (κ1) is 19.5. The molecule has 136 valence electrons. The second kappa shape index (κ2) is 7.41. The van der Waals surface area contributed by atoms with Crippen LogP contribution in [0.4, 0.5) is 0 Å². The third-order valence-electron chi connectivity index (χ3n) is 4.47. The molecular formula is C17H18BCl2N3O2S. The van der Waals surface area contributed by atoms with Gasteiger partial charge in [-0.1, -0.05) is 17.7 Å². The molecular weight excluding hydrogens is 392 g/mol. The zero-order valence-electron chi connectivity index (χ0n) is 14.9. The SMILES string of the molecule is CC1(C)OB(c2ccc3ncsc3c2)OC1(C)C.Clc1ccnc(Cl)n1. The van der Waals surface area contributed by atoms with Crippen LogP contribution < -0.4 is 5.46 Å². The molecule has 0 amide bonds. The summed E-state index contributed by atoms with van der Waals surface area (Å²) in [4.78, 5) is 11.5. The van der Waals surface area contributed by atoms with Crippen LogP contribution in [0.3, 0.4) is 0 Å². The molecule has 0 saturated carbocycles. The maximum atomic E-state index is 6.04. The lowest BCUT2D eigenvalue weighted by Gasteiger charge is -2.32. The lowest BCUT2D eigenvalue weighted by molar-refractivity contribution is 0.00578. The van der Waals surface area contributed by atoms with Crippen LogP contribution in [0.5, 0.6) is 0 Å². The van der Waals surface area contributed by atoms with Crippen molar-refractivity contribution >= 4 is 57.3 Å². The minimum absolute atomic E-state index is 0.178. The van der Waals surface area contributed by atoms with Crippen LogP contribution in [0.2, 0.25) is 10.4 Å². The van der Waals surface area contributed by atoms with Crippen molar-refractivity contribution in [3.05, 3.63) is 46.4 Å². The number of hydrogen-bond donors (Lipinski definition) is 0. The molecule has 1 saturated heterocycles. The number of benzene rings is 1. The molecule has 3 heterocycles. The quantitative estimate of drug-likeness (QED) is 0.339. The highest BCUT2D eigenvalue weighted by Crippen LogP contribution is 2.36. The van der Waals surface area contributed by atoms with Gasteiger partial charge in [0.15, 0.2) is 0 Å². The summed E-state index contributed by atoms with van der Waals surface area (Å²) in [6, 6.07) is 7.72. The fourth-order valence-corrected chi connectivity index (χ4v) is 3.36. The third-order valence-corrected chi connectivity index (χ3v) is 5.66. The van der Waals surface area contributed by atoms with Crippen LogP contribution in [0.15, 0.2) is 36.0 Å². The van der Waals surface area contributed by atoms with Crippen molar-refractivity contribution in [2.45, 2.75) is 38.9 Å². The molecule has 4 rings (SSSR count). The number of fused-ring (bicyclic) bond motifs is 1. The molecule has 0 atom stereocenters. The predicted molar refractivity (Wildman–Crippen MR) is 107 cm³/mol. The molecule has 26 heavy (non-hydrogen) atoms. The van der Waals surface area contributed by atoms with E-state index < -0.39 is 0 Å². The van der Waals surface area contributed by atoms with Crippen LogP contribution in [0.25, 0.3) is 10.2 Å². The smallest absolute Gasteiger partial charge is 0.399 e. The van der Waals surface area contributed by atoms with E-state index in [1.807, 2.05) is 17.6 Å². The fraction of sp³-hybridized carbons (Fsp3) is 0.353. The summed E-state index contributed by atoms with van der Waals surface area (Å²) in [5.41, 5.74) is 3.37. The summed E-state index contributed by atoms with van der Waals surface area (Å²) in [7, 11) is -0.290. The van der Waals surface area contributed by atoms with Gasteiger partial charge in [0, 0.05) is 6.20 Å². The average Bonchev–Trinajstić information content (AvgIpc) is 3.09. The molecule has 0 spiro atoms. The van der Waals surface area contributed by atoms with Crippen molar-refractivity contribution < 1.29 is 9.31 Å². The van der Waals surface area contributed by atoms with E-state index in [1.54, 1.807) is 17.4 Å². The molecule has 0 radical (unpaired) electrons. The van der Waals surface area contributed by atoms with Crippen molar-refractivity contribution in [1.29, 1.82) is 0 Å². The Balaban J connectivity index is 0.000000206. The van der Waals surface area contributed by atoms with Gasteiger partial charge in [0.2, 0.25) is 5.28 Å². The molecule has 2 aromatic heterocycles. The first-order valence-corrected chi connectivity index (χ1v) is 9.64. The van der Waals surface area contributed by atoms with Gasteiger partial charge in [-0.3, -0.25) is 0 Å². The topological polar surface area (TPSA) is 57.1 Å². The summed E-state index contributed by atoms with van der Waals surface area (Å²) >= 11 is 12.4. The number of thiazole rings is 1. The van der Waals surface area contributed by atoms with E-state index in [0.717, 1.165) is 11.0 Å². The highest BCUT2D eigenvalue weighted by molar-refractivity contribution is 7.16. The fourth-order valence-electron chi connectivity index (χ4n) is 2.31. The number of rotatable bonds is 1. The first-order chi connectivity index (χ1) is 12.2. The van der Waals surface area contributed by atoms with Gasteiger partial charge in [0.05, 0.1) is 26.9 Å². The van der Waals surface area contributed by atoms with E-state index in [2.05, 4.69) is 48.7 Å². The monoisotopic (exact) mass is 409 g/mol. The average molecular weight is 410 g/mol. The van der Waals surface area contributed by atoms with Crippen molar-refractivity contribution in [3.63, 3.8) is 0 Å². The number of hydrogen-bond acceptors (Lipinski definition) is 6. The van der Waals surface area contributed by atoms with Crippen molar-refractivity contribution in [1.82, 2.24) is 15.0 Å². The summed E-state index contributed by atoms with van der Waals surface area (Å²) < 4.78 is 13.2. The zero-order chi connectivity index (χ0) is 18.9. The summed E-state index contributed by atoms with van der Waals surface area (Å²) in [6.07, 6.45) is 1.50. The van der Waals surface area contributed by atoms with E-state index in [1.165, 1.54) is 10.9 Å². The van der Waals surface area contributed by atoms with Crippen molar-refractivity contribution in [2.24, 2.45) is 0 Å². The van der Waals surface area contributed by atoms with E-state index in [0.29, 0.717) is 5.15 Å². The maximum absolute atomic E-state index is 6.04. The van der Waals surface area contributed by atoms with E-state index in [9.17, 15) is 0 Å². The lowest BCUT2D eigenvalue weighted by Crippen LogP contribution is -2.41. The van der Waals surface area contributed by atoms with Crippen molar-refractivity contribution in [2.75, 3.05) is 0 Å². The van der Waals surface area contributed by atoms with Gasteiger partial charge in [-0.05, 0) is 63.0 Å². The Bertz CT molecular complexity index is 886. The number of aromatic nitrogens is 3. The summed E-state index contributed by atoms with van der Waals surface area (Å²) in [5, 5.41) is 0.544. The molecule has 9 heteroatoms. The summed E-state index contributed by atoms with van der Waals surface area (Å²) in [6.45, 7) is 8.27. The Hall–Kier alpha value is -1.25. The molecule has 1 fully saturated rings. The zero-order valence-corrected chi connectivity index (χ0v) is 17.2. The Labute approximate surface area is 166 Å². The Morgan fingerprint density at radius 2 is 1.69 bits per heavy atom. The molecule has 0 N–H and O–H groups in total. The first-order valence-electron chi connectivity index (χ1n) is 8.01. The Kier molecular flexibility index (Phi) is 5.56. The Morgan fingerprint density at radius 3 is 2.27 bits per heavy atom. The van der Waals surface area contributed by atoms with Gasteiger partial charge in [-0.2, -0.15) is 0 Å². The molecule has 1 aliphatic rings. The van der Waals surface area contributed by atoms with Gasteiger partial charge in [-0.15, -0.1) is 11.3 Å². The third kappa shape index (κ3) is 4.18. The lowest BCUT2D eigenvalue weighted by atomic mass is 9.79. The standard InChI is InChI=1S/C13H16BNO2S.C4H2Cl2N2/c1-12(2)13(3,4)17-14(16-12)9-5-6-10-11(7-9)18-8-15-10;5-3-1-2-7-4(6)8-3/h5-8H,1-4H3;1-2H.